The molecule has 0 spiro atoms. The van der Waals surface area contributed by atoms with Crippen molar-refractivity contribution in [3.8, 4) is 0 Å². The van der Waals surface area contributed by atoms with Crippen molar-refractivity contribution in [3.05, 3.63) is 34.6 Å². The van der Waals surface area contributed by atoms with E-state index in [0.717, 1.165) is 39.3 Å². The number of hydrogen-bond acceptors (Lipinski definition) is 6. The van der Waals surface area contributed by atoms with Crippen LogP contribution in [0.25, 0.3) is 10.9 Å². The highest BCUT2D eigenvalue weighted by atomic mass is 32.2. The van der Waals surface area contributed by atoms with Crippen LogP contribution >= 0.6 is 11.8 Å². The minimum Gasteiger partial charge on any atom is -0.468 e. The number of morpholine rings is 1. The van der Waals surface area contributed by atoms with Crippen LogP contribution in [0.1, 0.15) is 13.3 Å². The van der Waals surface area contributed by atoms with Crippen LogP contribution in [0, 0.1) is 0 Å². The molecule has 27 heavy (non-hydrogen) atoms. The molecule has 1 aliphatic heterocycles. The Bertz CT molecular complexity index is 848. The van der Waals surface area contributed by atoms with Crippen molar-refractivity contribution in [2.75, 3.05) is 40.0 Å². The lowest BCUT2D eigenvalue weighted by Crippen LogP contribution is -3.14. The Morgan fingerprint density at radius 3 is 2.85 bits per heavy atom. The Hall–Kier alpha value is -1.90. The van der Waals surface area contributed by atoms with Crippen LogP contribution in [0.3, 0.4) is 0 Å². The van der Waals surface area contributed by atoms with Gasteiger partial charge < -0.3 is 14.4 Å². The number of fused-ring (bicyclic) bond motifs is 1. The second kappa shape index (κ2) is 9.34. The van der Waals surface area contributed by atoms with E-state index in [4.69, 9.17) is 9.47 Å². The maximum atomic E-state index is 13.0. The number of esters is 1. The summed E-state index contributed by atoms with van der Waals surface area (Å²) in [6.07, 6.45) is 0.870. The molecular formula is C19H26N3O4S+. The van der Waals surface area contributed by atoms with E-state index >= 15 is 0 Å². The first-order valence-electron chi connectivity index (χ1n) is 9.25. The van der Waals surface area contributed by atoms with Crippen LogP contribution in [-0.2, 0) is 20.8 Å². The fraction of sp³-hybridized carbons (Fsp3) is 0.526. The number of rotatable bonds is 7. The Morgan fingerprint density at radius 2 is 2.11 bits per heavy atom. The quantitative estimate of drug-likeness (QED) is 0.417. The summed E-state index contributed by atoms with van der Waals surface area (Å²) in [5, 5.41) is 0.735. The van der Waals surface area contributed by atoms with Crippen molar-refractivity contribution in [1.29, 1.82) is 0 Å². The molecule has 0 unspecified atom stereocenters. The molecule has 0 aliphatic carbocycles. The third-order valence-corrected chi connectivity index (χ3v) is 5.82. The van der Waals surface area contributed by atoms with Gasteiger partial charge in [-0.1, -0.05) is 23.9 Å². The molecule has 1 atom stereocenters. The molecule has 8 heteroatoms. The predicted molar refractivity (Wildman–Crippen MR) is 104 cm³/mol. The van der Waals surface area contributed by atoms with E-state index in [1.807, 2.05) is 18.2 Å². The summed E-state index contributed by atoms with van der Waals surface area (Å²) in [6.45, 7) is 6.93. The van der Waals surface area contributed by atoms with Gasteiger partial charge in [0.25, 0.3) is 5.56 Å². The summed E-state index contributed by atoms with van der Waals surface area (Å²) in [5.41, 5.74) is 0.592. The topological polar surface area (TPSA) is 74.9 Å². The Morgan fingerprint density at radius 1 is 1.37 bits per heavy atom. The summed E-state index contributed by atoms with van der Waals surface area (Å²) in [4.78, 5) is 31.0. The van der Waals surface area contributed by atoms with Crippen molar-refractivity contribution >= 4 is 28.6 Å². The fourth-order valence-electron chi connectivity index (χ4n) is 3.20. The molecule has 3 rings (SSSR count). The molecule has 1 N–H and O–H groups in total. The fourth-order valence-corrected chi connectivity index (χ4v) is 4.17. The maximum Gasteiger partial charge on any atom is 0.318 e. The van der Waals surface area contributed by atoms with E-state index in [2.05, 4.69) is 4.98 Å². The van der Waals surface area contributed by atoms with E-state index in [9.17, 15) is 9.59 Å². The lowest BCUT2D eigenvalue weighted by atomic mass is 10.2. The van der Waals surface area contributed by atoms with Gasteiger partial charge in [0.2, 0.25) is 0 Å². The number of nitrogens with one attached hydrogen (secondary N) is 1. The number of quaternary nitrogens is 1. The number of carbonyl (C=O) groups is 1. The van der Waals surface area contributed by atoms with Gasteiger partial charge in [0.15, 0.2) is 5.16 Å². The number of aromatic nitrogens is 2. The zero-order valence-electron chi connectivity index (χ0n) is 15.8. The number of hydrogen-bond donors (Lipinski definition) is 1. The molecule has 2 heterocycles. The number of thioether (sulfide) groups is 1. The van der Waals surface area contributed by atoms with Gasteiger partial charge in [-0.05, 0) is 19.1 Å². The summed E-state index contributed by atoms with van der Waals surface area (Å²) in [7, 11) is 1.37. The molecule has 0 amide bonds. The van der Waals surface area contributed by atoms with Gasteiger partial charge in [0.1, 0.15) is 18.3 Å². The summed E-state index contributed by atoms with van der Waals surface area (Å²) in [5.74, 6) is -0.327. The van der Waals surface area contributed by atoms with Crippen LogP contribution in [-0.4, -0.2) is 60.7 Å². The molecule has 1 aromatic heterocycles. The third kappa shape index (κ3) is 4.88. The van der Waals surface area contributed by atoms with Crippen molar-refractivity contribution < 1.29 is 19.2 Å². The van der Waals surface area contributed by atoms with E-state index < -0.39 is 5.25 Å². The van der Waals surface area contributed by atoms with Crippen LogP contribution < -0.4 is 10.5 Å². The van der Waals surface area contributed by atoms with Crippen LogP contribution in [0.2, 0.25) is 0 Å². The molecule has 1 saturated heterocycles. The van der Waals surface area contributed by atoms with Gasteiger partial charge in [0, 0.05) is 13.0 Å². The SMILES string of the molecule is COC(=O)[C@H](C)Sc1nc2ccccc2c(=O)n1CCC[NH+]1CCOCC1. The normalized spacial score (nSPS) is 16.4. The van der Waals surface area contributed by atoms with E-state index in [1.54, 1.807) is 17.6 Å². The molecular weight excluding hydrogens is 366 g/mol. The van der Waals surface area contributed by atoms with Gasteiger partial charge in [-0.25, -0.2) is 4.98 Å². The Labute approximate surface area is 162 Å². The molecule has 0 bridgehead atoms. The number of methoxy groups -OCH3 is 1. The highest BCUT2D eigenvalue weighted by molar-refractivity contribution is 8.00. The summed E-state index contributed by atoms with van der Waals surface area (Å²) in [6, 6.07) is 7.33. The molecule has 1 aromatic carbocycles. The van der Waals surface area contributed by atoms with Crippen molar-refractivity contribution in [2.45, 2.75) is 30.3 Å². The zero-order valence-corrected chi connectivity index (χ0v) is 16.6. The number of carbonyl (C=O) groups excluding carboxylic acids is 1. The highest BCUT2D eigenvalue weighted by Gasteiger charge is 2.20. The monoisotopic (exact) mass is 392 g/mol. The third-order valence-electron chi connectivity index (χ3n) is 4.75. The maximum absolute atomic E-state index is 13.0. The van der Waals surface area contributed by atoms with Gasteiger partial charge >= 0.3 is 5.97 Å². The highest BCUT2D eigenvalue weighted by Crippen LogP contribution is 2.23. The lowest BCUT2D eigenvalue weighted by molar-refractivity contribution is -0.908. The first kappa shape index (κ1) is 19.9. The van der Waals surface area contributed by atoms with Gasteiger partial charge in [0.05, 0.1) is 37.8 Å². The van der Waals surface area contributed by atoms with Crippen molar-refractivity contribution in [2.24, 2.45) is 0 Å². The average molecular weight is 393 g/mol. The smallest absolute Gasteiger partial charge is 0.318 e. The van der Waals surface area contributed by atoms with Gasteiger partial charge in [-0.3, -0.25) is 14.2 Å². The number of benzene rings is 1. The minimum absolute atomic E-state index is 0.0582. The molecule has 0 saturated carbocycles. The minimum atomic E-state index is -0.431. The number of ether oxygens (including phenoxy) is 2. The Kier molecular flexibility index (Phi) is 6.87. The molecule has 2 aromatic rings. The molecule has 0 radical (unpaired) electrons. The van der Waals surface area contributed by atoms with Crippen LogP contribution in [0.15, 0.2) is 34.2 Å². The molecule has 1 fully saturated rings. The van der Waals surface area contributed by atoms with Gasteiger partial charge in [-0.15, -0.1) is 0 Å². The van der Waals surface area contributed by atoms with Gasteiger partial charge in [-0.2, -0.15) is 0 Å². The van der Waals surface area contributed by atoms with E-state index in [-0.39, 0.29) is 11.5 Å². The zero-order chi connectivity index (χ0) is 19.2. The van der Waals surface area contributed by atoms with E-state index in [1.165, 1.54) is 23.8 Å². The summed E-state index contributed by atoms with van der Waals surface area (Å²) < 4.78 is 11.9. The predicted octanol–water partition coefficient (Wildman–Crippen LogP) is 0.355. The van der Waals surface area contributed by atoms with E-state index in [0.29, 0.717) is 22.6 Å². The Balaban J connectivity index is 1.83. The second-order valence-electron chi connectivity index (χ2n) is 6.62. The van der Waals surface area contributed by atoms with Crippen molar-refractivity contribution in [1.82, 2.24) is 9.55 Å². The first-order chi connectivity index (χ1) is 13.1. The standard InChI is InChI=1S/C19H25N3O4S/c1-14(18(24)25-2)27-19-20-16-7-4-3-6-15(16)17(23)22(19)9-5-8-21-10-12-26-13-11-21/h3-4,6-7,14H,5,8-13H2,1-2H3/p+1/t14-/m0/s1. The second-order valence-corrected chi connectivity index (χ2v) is 7.93. The van der Waals surface area contributed by atoms with Crippen molar-refractivity contribution in [3.63, 3.8) is 0 Å². The summed E-state index contributed by atoms with van der Waals surface area (Å²) >= 11 is 1.27. The molecule has 146 valence electrons. The van der Waals surface area contributed by atoms with Crippen LogP contribution in [0.5, 0.6) is 0 Å². The van der Waals surface area contributed by atoms with Crippen LogP contribution in [0.4, 0.5) is 0 Å². The average Bonchev–Trinajstić information content (AvgIpc) is 2.70. The largest absolute Gasteiger partial charge is 0.468 e. The number of para-hydroxylation sites is 1. The first-order valence-corrected chi connectivity index (χ1v) is 10.1. The molecule has 7 nitrogen and oxygen atoms in total. The molecule has 1 aliphatic rings. The number of nitrogens with zero attached hydrogens (tertiary/aromatic N) is 2. The lowest BCUT2D eigenvalue weighted by Gasteiger charge is -2.24.